The van der Waals surface area contributed by atoms with Crippen LogP contribution in [-0.4, -0.2) is 16.7 Å². The van der Waals surface area contributed by atoms with E-state index < -0.39 is 23.4 Å². The van der Waals surface area contributed by atoms with Crippen molar-refractivity contribution in [1.82, 2.24) is 4.90 Å². The highest BCUT2D eigenvalue weighted by Gasteiger charge is 2.64. The van der Waals surface area contributed by atoms with Crippen LogP contribution in [0.5, 0.6) is 0 Å². The van der Waals surface area contributed by atoms with Crippen molar-refractivity contribution in [2.75, 3.05) is 0 Å². The van der Waals surface area contributed by atoms with Gasteiger partial charge in [0, 0.05) is 22.7 Å². The Bertz CT molecular complexity index is 1300. The molecule has 0 unspecified atom stereocenters. The Morgan fingerprint density at radius 2 is 1.50 bits per heavy atom. The van der Waals surface area contributed by atoms with Gasteiger partial charge in [-0.1, -0.05) is 84.4 Å². The number of hydrogen-bond donors (Lipinski definition) is 0. The lowest BCUT2D eigenvalue weighted by molar-refractivity contribution is 0.0875. The third-order valence-electron chi connectivity index (χ3n) is 6.51. The van der Waals surface area contributed by atoms with Gasteiger partial charge in [0.25, 0.3) is 0 Å². The minimum absolute atomic E-state index is 0.142. The van der Waals surface area contributed by atoms with Crippen molar-refractivity contribution in [3.05, 3.63) is 112 Å². The number of nitrogens with zero attached hydrogens (tertiary/aromatic N) is 3. The van der Waals surface area contributed by atoms with Gasteiger partial charge >= 0.3 is 0 Å². The average molecular weight is 436 g/mol. The maximum absolute atomic E-state index is 13.9. The van der Waals surface area contributed by atoms with Gasteiger partial charge in [-0.05, 0) is 28.8 Å². The molecule has 32 heavy (non-hydrogen) atoms. The van der Waals surface area contributed by atoms with Crippen LogP contribution in [-0.2, 0) is 0 Å². The number of nitriles is 2. The van der Waals surface area contributed by atoms with Gasteiger partial charge in [-0.25, -0.2) is 0 Å². The number of rotatable bonds is 3. The first-order chi connectivity index (χ1) is 15.6. The molecule has 4 nitrogen and oxygen atoms in total. The molecule has 3 aromatic rings. The molecule has 1 fully saturated rings. The van der Waals surface area contributed by atoms with E-state index in [1.54, 1.807) is 24.3 Å². The molecule has 1 saturated heterocycles. The van der Waals surface area contributed by atoms with Gasteiger partial charge in [-0.2, -0.15) is 10.5 Å². The molecule has 3 atom stereocenters. The molecule has 0 bridgehead atoms. The summed E-state index contributed by atoms with van der Waals surface area (Å²) in [4.78, 5) is 15.8. The molecule has 5 heteroatoms. The normalized spacial score (nSPS) is 22.3. The Balaban J connectivity index is 1.80. The van der Waals surface area contributed by atoms with E-state index in [4.69, 9.17) is 11.6 Å². The molecule has 0 saturated carbocycles. The highest BCUT2D eigenvalue weighted by atomic mass is 35.5. The van der Waals surface area contributed by atoms with Crippen molar-refractivity contribution in [1.29, 1.82) is 10.5 Å². The van der Waals surface area contributed by atoms with Crippen LogP contribution in [0, 0.1) is 28.1 Å². The van der Waals surface area contributed by atoms with Gasteiger partial charge in [0.15, 0.2) is 11.2 Å². The summed E-state index contributed by atoms with van der Waals surface area (Å²) in [6, 6.07) is 27.2. The zero-order valence-electron chi connectivity index (χ0n) is 17.0. The number of carbonyl (C=O) groups excluding carboxylic acids is 1. The minimum atomic E-state index is -1.51. The minimum Gasteiger partial charge on any atom is -0.357 e. The van der Waals surface area contributed by atoms with Gasteiger partial charge in [-0.3, -0.25) is 4.79 Å². The van der Waals surface area contributed by atoms with E-state index in [2.05, 4.69) is 12.1 Å². The van der Waals surface area contributed by atoms with E-state index >= 15 is 0 Å². The van der Waals surface area contributed by atoms with Crippen LogP contribution < -0.4 is 0 Å². The molecule has 0 N–H and O–H groups in total. The van der Waals surface area contributed by atoms with Crippen LogP contribution in [0.4, 0.5) is 0 Å². The fourth-order valence-electron chi connectivity index (χ4n) is 5.14. The number of hydrogen-bond acceptors (Lipinski definition) is 4. The smallest absolute Gasteiger partial charge is 0.185 e. The molecule has 2 aliphatic heterocycles. The van der Waals surface area contributed by atoms with Crippen molar-refractivity contribution in [3.63, 3.8) is 0 Å². The van der Waals surface area contributed by atoms with Crippen molar-refractivity contribution in [3.8, 4) is 12.1 Å². The Morgan fingerprint density at radius 3 is 2.19 bits per heavy atom. The van der Waals surface area contributed by atoms with Crippen LogP contribution in [0.25, 0.3) is 6.08 Å². The van der Waals surface area contributed by atoms with Gasteiger partial charge < -0.3 is 4.90 Å². The van der Waals surface area contributed by atoms with Crippen LogP contribution >= 0.6 is 11.6 Å². The Kier molecular flexibility index (Phi) is 4.82. The summed E-state index contributed by atoms with van der Waals surface area (Å²) >= 11 is 6.59. The second-order valence-corrected chi connectivity index (χ2v) is 8.47. The summed E-state index contributed by atoms with van der Waals surface area (Å²) in [6.45, 7) is 0. The maximum atomic E-state index is 13.9. The molecule has 154 valence electrons. The van der Waals surface area contributed by atoms with E-state index in [0.717, 1.165) is 11.1 Å². The monoisotopic (exact) mass is 435 g/mol. The number of benzene rings is 3. The third-order valence-corrected chi connectivity index (χ3v) is 6.86. The molecule has 0 spiro atoms. The van der Waals surface area contributed by atoms with Crippen LogP contribution in [0.2, 0.25) is 5.02 Å². The molecule has 0 radical (unpaired) electrons. The molecule has 3 aromatic carbocycles. The predicted octanol–water partition coefficient (Wildman–Crippen LogP) is 5.75. The first kappa shape index (κ1) is 20.1. The lowest BCUT2D eigenvalue weighted by atomic mass is 9.67. The second-order valence-electron chi connectivity index (χ2n) is 8.06. The number of ketones is 1. The highest BCUT2D eigenvalue weighted by Crippen LogP contribution is 2.60. The molecule has 2 heterocycles. The van der Waals surface area contributed by atoms with E-state index in [1.165, 1.54) is 0 Å². The Labute approximate surface area is 191 Å². The zero-order valence-corrected chi connectivity index (χ0v) is 17.8. The number of carbonyl (C=O) groups is 1. The maximum Gasteiger partial charge on any atom is 0.185 e. The second kappa shape index (κ2) is 7.68. The van der Waals surface area contributed by atoms with E-state index in [0.29, 0.717) is 16.1 Å². The largest absolute Gasteiger partial charge is 0.357 e. The zero-order chi connectivity index (χ0) is 22.3. The van der Waals surface area contributed by atoms with E-state index in [1.807, 2.05) is 71.8 Å². The predicted molar refractivity (Wildman–Crippen MR) is 122 cm³/mol. The molecule has 2 aliphatic rings. The lowest BCUT2D eigenvalue weighted by Crippen LogP contribution is -2.37. The summed E-state index contributed by atoms with van der Waals surface area (Å²) < 4.78 is 0. The molecular formula is C27H18ClN3O. The summed E-state index contributed by atoms with van der Waals surface area (Å²) in [6.07, 6.45) is 3.78. The molecule has 0 aliphatic carbocycles. The summed E-state index contributed by atoms with van der Waals surface area (Å²) in [5.74, 6) is -0.878. The molecule has 5 rings (SSSR count). The number of fused-ring (bicyclic) bond motifs is 3. The number of Topliss-reactive ketones (excluding diaryl/α,β-unsaturated/α-hetero) is 1. The standard InChI is InChI=1S/C27H18ClN3O/c28-22-13-7-6-12-21(22)23-24(25(32)19-9-2-1-3-10-19)31-15-14-18-8-4-5-11-20(18)26(31)27(23,16-29)17-30/h1-15,23-24,26H/t23-,24+,26-/m0/s1. The Hall–Kier alpha value is -3.86. The lowest BCUT2D eigenvalue weighted by Gasteiger charge is -2.34. The molecular weight excluding hydrogens is 418 g/mol. The number of halogens is 1. The fraction of sp³-hybridized carbons (Fsp3) is 0.148. The van der Waals surface area contributed by atoms with Gasteiger partial charge in [-0.15, -0.1) is 0 Å². The van der Waals surface area contributed by atoms with Gasteiger partial charge in [0.05, 0.1) is 18.2 Å². The van der Waals surface area contributed by atoms with E-state index in [9.17, 15) is 15.3 Å². The topological polar surface area (TPSA) is 67.9 Å². The van der Waals surface area contributed by atoms with Crippen LogP contribution in [0.15, 0.2) is 85.1 Å². The van der Waals surface area contributed by atoms with Crippen LogP contribution in [0.1, 0.15) is 39.0 Å². The molecule has 0 aromatic heterocycles. The van der Waals surface area contributed by atoms with Crippen molar-refractivity contribution >= 4 is 23.5 Å². The fourth-order valence-corrected chi connectivity index (χ4v) is 5.39. The quantitative estimate of drug-likeness (QED) is 0.491. The average Bonchev–Trinajstić information content (AvgIpc) is 3.15. The first-order valence-electron chi connectivity index (χ1n) is 10.3. The molecule has 0 amide bonds. The Morgan fingerprint density at radius 1 is 0.875 bits per heavy atom. The SMILES string of the molecule is N#CC1(C#N)[C@@H]2c3ccccc3C=CN2[C@@H](C(=O)c2ccccc2)[C@@H]1c1ccccc1Cl. The van der Waals surface area contributed by atoms with Gasteiger partial charge in [0.2, 0.25) is 0 Å². The van der Waals surface area contributed by atoms with Crippen molar-refractivity contribution in [2.24, 2.45) is 5.41 Å². The van der Waals surface area contributed by atoms with Gasteiger partial charge in [0.1, 0.15) is 6.04 Å². The highest BCUT2D eigenvalue weighted by molar-refractivity contribution is 6.31. The van der Waals surface area contributed by atoms with Crippen LogP contribution in [0.3, 0.4) is 0 Å². The van der Waals surface area contributed by atoms with E-state index in [-0.39, 0.29) is 5.78 Å². The summed E-state index contributed by atoms with van der Waals surface area (Å²) in [7, 11) is 0. The first-order valence-corrected chi connectivity index (χ1v) is 10.7. The third kappa shape index (κ3) is 2.78. The summed E-state index contributed by atoms with van der Waals surface area (Å²) in [5.41, 5.74) is 1.45. The summed E-state index contributed by atoms with van der Waals surface area (Å²) in [5, 5.41) is 21.4. The van der Waals surface area contributed by atoms with Crippen molar-refractivity contribution in [2.45, 2.75) is 18.0 Å². The van der Waals surface area contributed by atoms with Crippen molar-refractivity contribution < 1.29 is 4.79 Å².